The average Bonchev–Trinajstić information content (AvgIpc) is 2.45. The SMILES string of the molecule is CCOc1cc(CN=C(N)NCC(C)C)ccc1OC(F)F.I. The molecular formula is C15H24F2IN3O2. The molecule has 1 aromatic rings. The highest BCUT2D eigenvalue weighted by atomic mass is 127. The van der Waals surface area contributed by atoms with Crippen molar-refractivity contribution in [1.82, 2.24) is 5.32 Å². The fourth-order valence-electron chi connectivity index (χ4n) is 1.65. The van der Waals surface area contributed by atoms with Crippen LogP contribution in [0.25, 0.3) is 0 Å². The Morgan fingerprint density at radius 1 is 1.30 bits per heavy atom. The summed E-state index contributed by atoms with van der Waals surface area (Å²) in [5.41, 5.74) is 6.54. The number of benzene rings is 1. The van der Waals surface area contributed by atoms with E-state index in [1.54, 1.807) is 19.1 Å². The number of aliphatic imine (C=N–C) groups is 1. The number of ether oxygens (including phenoxy) is 2. The van der Waals surface area contributed by atoms with Crippen LogP contribution in [0, 0.1) is 5.92 Å². The third-order valence-corrected chi connectivity index (χ3v) is 2.65. The zero-order valence-corrected chi connectivity index (χ0v) is 15.8. The third-order valence-electron chi connectivity index (χ3n) is 2.65. The van der Waals surface area contributed by atoms with Crippen molar-refractivity contribution in [1.29, 1.82) is 0 Å². The molecule has 0 fully saturated rings. The predicted molar refractivity (Wildman–Crippen MR) is 97.8 cm³/mol. The van der Waals surface area contributed by atoms with Crippen LogP contribution in [0.3, 0.4) is 0 Å². The van der Waals surface area contributed by atoms with Gasteiger partial charge in [-0.3, -0.25) is 0 Å². The van der Waals surface area contributed by atoms with E-state index in [0.717, 1.165) is 12.1 Å². The minimum atomic E-state index is -2.89. The molecule has 0 aliphatic heterocycles. The number of alkyl halides is 2. The highest BCUT2D eigenvalue weighted by Gasteiger charge is 2.11. The molecule has 5 nitrogen and oxygen atoms in total. The van der Waals surface area contributed by atoms with Crippen molar-refractivity contribution >= 4 is 29.9 Å². The van der Waals surface area contributed by atoms with E-state index < -0.39 is 6.61 Å². The van der Waals surface area contributed by atoms with Crippen molar-refractivity contribution in [3.8, 4) is 11.5 Å². The molecule has 0 saturated heterocycles. The van der Waals surface area contributed by atoms with Gasteiger partial charge < -0.3 is 20.5 Å². The Balaban J connectivity index is 0.00000484. The van der Waals surface area contributed by atoms with E-state index in [0.29, 0.717) is 25.0 Å². The standard InChI is InChI=1S/C15H23F2N3O2.HI/c1-4-21-13-7-11(5-6-12(13)22-14(16)17)9-20-15(18)19-8-10(2)3;/h5-7,10,14H,4,8-9H2,1-3H3,(H3,18,19,20);1H. The molecule has 0 aliphatic rings. The summed E-state index contributed by atoms with van der Waals surface area (Å²) < 4.78 is 34.4. The van der Waals surface area contributed by atoms with Gasteiger partial charge >= 0.3 is 6.61 Å². The van der Waals surface area contributed by atoms with Crippen LogP contribution in [0.5, 0.6) is 11.5 Å². The molecule has 0 heterocycles. The van der Waals surface area contributed by atoms with E-state index in [1.807, 2.05) is 0 Å². The summed E-state index contributed by atoms with van der Waals surface area (Å²) in [7, 11) is 0. The molecule has 0 spiro atoms. The average molecular weight is 443 g/mol. The van der Waals surface area contributed by atoms with Crippen molar-refractivity contribution in [2.75, 3.05) is 13.2 Å². The molecule has 132 valence electrons. The van der Waals surface area contributed by atoms with E-state index in [9.17, 15) is 8.78 Å². The predicted octanol–water partition coefficient (Wildman–Crippen LogP) is 3.37. The van der Waals surface area contributed by atoms with Crippen LogP contribution in [0.4, 0.5) is 8.78 Å². The molecule has 3 N–H and O–H groups in total. The van der Waals surface area contributed by atoms with Gasteiger partial charge in [0.2, 0.25) is 0 Å². The smallest absolute Gasteiger partial charge is 0.387 e. The van der Waals surface area contributed by atoms with Crippen LogP contribution in [-0.2, 0) is 6.54 Å². The Morgan fingerprint density at radius 3 is 2.57 bits per heavy atom. The summed E-state index contributed by atoms with van der Waals surface area (Å²) in [5.74, 6) is 1.09. The highest BCUT2D eigenvalue weighted by molar-refractivity contribution is 14.0. The first kappa shape index (κ1) is 21.7. The van der Waals surface area contributed by atoms with Crippen molar-refractivity contribution < 1.29 is 18.3 Å². The molecule has 0 saturated carbocycles. The Morgan fingerprint density at radius 2 is 2.00 bits per heavy atom. The maximum Gasteiger partial charge on any atom is 0.387 e. The molecule has 0 amide bonds. The zero-order chi connectivity index (χ0) is 16.5. The van der Waals surface area contributed by atoms with Gasteiger partial charge in [0.05, 0.1) is 13.2 Å². The molecule has 1 aromatic carbocycles. The maximum atomic E-state index is 12.3. The summed E-state index contributed by atoms with van der Waals surface area (Å²) in [6.45, 7) is 4.42. The number of halogens is 3. The number of rotatable bonds is 8. The summed E-state index contributed by atoms with van der Waals surface area (Å²) in [4.78, 5) is 4.20. The van der Waals surface area contributed by atoms with Gasteiger partial charge in [0.25, 0.3) is 0 Å². The van der Waals surface area contributed by atoms with Crippen molar-refractivity contribution in [3.63, 3.8) is 0 Å². The topological polar surface area (TPSA) is 68.9 Å². The molecule has 0 aliphatic carbocycles. The molecule has 0 atom stereocenters. The van der Waals surface area contributed by atoms with Crippen molar-refractivity contribution in [3.05, 3.63) is 23.8 Å². The van der Waals surface area contributed by atoms with Gasteiger partial charge in [-0.15, -0.1) is 24.0 Å². The van der Waals surface area contributed by atoms with E-state index in [1.165, 1.54) is 6.07 Å². The lowest BCUT2D eigenvalue weighted by Gasteiger charge is -2.12. The molecule has 8 heteroatoms. The number of hydrogen-bond acceptors (Lipinski definition) is 3. The van der Waals surface area contributed by atoms with E-state index >= 15 is 0 Å². The van der Waals surface area contributed by atoms with Crippen LogP contribution in [-0.4, -0.2) is 25.7 Å². The van der Waals surface area contributed by atoms with Crippen LogP contribution in [0.2, 0.25) is 0 Å². The van der Waals surface area contributed by atoms with Crippen LogP contribution in [0.1, 0.15) is 26.3 Å². The Hall–Kier alpha value is -1.32. The molecule has 1 rings (SSSR count). The lowest BCUT2D eigenvalue weighted by molar-refractivity contribution is -0.0514. The Bertz CT molecular complexity index is 500. The third kappa shape index (κ3) is 8.77. The highest BCUT2D eigenvalue weighted by Crippen LogP contribution is 2.30. The normalized spacial score (nSPS) is 11.3. The fourth-order valence-corrected chi connectivity index (χ4v) is 1.65. The first-order chi connectivity index (χ1) is 10.4. The molecule has 23 heavy (non-hydrogen) atoms. The maximum absolute atomic E-state index is 12.3. The van der Waals surface area contributed by atoms with Gasteiger partial charge in [0, 0.05) is 6.54 Å². The quantitative estimate of drug-likeness (QED) is 0.368. The molecule has 0 unspecified atom stereocenters. The zero-order valence-electron chi connectivity index (χ0n) is 13.5. The molecule has 0 radical (unpaired) electrons. The fraction of sp³-hybridized carbons (Fsp3) is 0.533. The lowest BCUT2D eigenvalue weighted by Crippen LogP contribution is -2.34. The summed E-state index contributed by atoms with van der Waals surface area (Å²) in [6.07, 6.45) is 0. The first-order valence-electron chi connectivity index (χ1n) is 7.16. The van der Waals surface area contributed by atoms with Gasteiger partial charge in [-0.2, -0.15) is 8.78 Å². The van der Waals surface area contributed by atoms with Gasteiger partial charge in [0.15, 0.2) is 17.5 Å². The van der Waals surface area contributed by atoms with Crippen LogP contribution < -0.4 is 20.5 Å². The lowest BCUT2D eigenvalue weighted by atomic mass is 10.2. The number of nitrogens with zero attached hydrogens (tertiary/aromatic N) is 1. The number of hydrogen-bond donors (Lipinski definition) is 2. The monoisotopic (exact) mass is 443 g/mol. The van der Waals surface area contributed by atoms with Crippen molar-refractivity contribution in [2.45, 2.75) is 33.9 Å². The van der Waals surface area contributed by atoms with E-state index in [4.69, 9.17) is 10.5 Å². The van der Waals surface area contributed by atoms with Crippen LogP contribution in [0.15, 0.2) is 23.2 Å². The second-order valence-electron chi connectivity index (χ2n) is 5.07. The summed E-state index contributed by atoms with van der Waals surface area (Å²) in [5, 5.41) is 3.00. The van der Waals surface area contributed by atoms with Gasteiger partial charge in [-0.05, 0) is 30.5 Å². The summed E-state index contributed by atoms with van der Waals surface area (Å²) >= 11 is 0. The molecule has 0 bridgehead atoms. The minimum absolute atomic E-state index is 0. The van der Waals surface area contributed by atoms with Crippen LogP contribution >= 0.6 is 24.0 Å². The number of nitrogens with two attached hydrogens (primary N) is 1. The van der Waals surface area contributed by atoms with Gasteiger partial charge in [-0.1, -0.05) is 19.9 Å². The van der Waals surface area contributed by atoms with Crippen molar-refractivity contribution in [2.24, 2.45) is 16.6 Å². The second-order valence-corrected chi connectivity index (χ2v) is 5.07. The minimum Gasteiger partial charge on any atom is -0.490 e. The second kappa shape index (κ2) is 11.3. The largest absolute Gasteiger partial charge is 0.490 e. The summed E-state index contributed by atoms with van der Waals surface area (Å²) in [6, 6.07) is 4.72. The number of guanidine groups is 1. The Labute approximate surface area is 152 Å². The van der Waals surface area contributed by atoms with Gasteiger partial charge in [-0.25, -0.2) is 4.99 Å². The first-order valence-corrected chi connectivity index (χ1v) is 7.16. The number of nitrogens with one attached hydrogen (secondary N) is 1. The Kier molecular flexibility index (Phi) is 10.6. The molecular weight excluding hydrogens is 419 g/mol. The van der Waals surface area contributed by atoms with E-state index in [-0.39, 0.29) is 35.5 Å². The van der Waals surface area contributed by atoms with Gasteiger partial charge in [0.1, 0.15) is 0 Å². The van der Waals surface area contributed by atoms with E-state index in [2.05, 4.69) is 28.9 Å². The molecule has 0 aromatic heterocycles.